The van der Waals surface area contributed by atoms with E-state index in [0.29, 0.717) is 5.75 Å². The van der Waals surface area contributed by atoms with Gasteiger partial charge in [0.25, 0.3) is 0 Å². The van der Waals surface area contributed by atoms with Crippen molar-refractivity contribution in [3.63, 3.8) is 0 Å². The number of carboxylic acid groups (broad SMARTS) is 1. The van der Waals surface area contributed by atoms with E-state index >= 15 is 0 Å². The van der Waals surface area contributed by atoms with Gasteiger partial charge >= 0.3 is 12.1 Å². The summed E-state index contributed by atoms with van der Waals surface area (Å²) in [7, 11) is 0. The monoisotopic (exact) mass is 496 g/mol. The quantitative estimate of drug-likeness (QED) is 0.583. The number of amides is 2. The number of thioether (sulfide) groups is 1. The predicted molar refractivity (Wildman–Crippen MR) is 136 cm³/mol. The van der Waals surface area contributed by atoms with Crippen LogP contribution in [0.5, 0.6) is 0 Å². The minimum Gasteiger partial charge on any atom is -0.480 e. The molecule has 0 bridgehead atoms. The van der Waals surface area contributed by atoms with Crippen molar-refractivity contribution in [2.75, 3.05) is 12.4 Å². The number of hydrogen-bond donors (Lipinski definition) is 2. The molecule has 35 heavy (non-hydrogen) atoms. The first-order valence-electron chi connectivity index (χ1n) is 12.0. The Morgan fingerprint density at radius 3 is 2.11 bits per heavy atom. The van der Waals surface area contributed by atoms with E-state index in [0.717, 1.165) is 22.3 Å². The van der Waals surface area contributed by atoms with Crippen molar-refractivity contribution in [3.05, 3.63) is 59.7 Å². The van der Waals surface area contributed by atoms with Crippen molar-refractivity contribution in [2.45, 2.75) is 51.1 Å². The maximum Gasteiger partial charge on any atom is 0.407 e. The Labute approximate surface area is 210 Å². The molecule has 1 saturated heterocycles. The Bertz CT molecular complexity index is 1070. The molecule has 0 aromatic heterocycles. The van der Waals surface area contributed by atoms with Crippen molar-refractivity contribution < 1.29 is 24.2 Å². The lowest BCUT2D eigenvalue weighted by molar-refractivity contribution is -0.150. The summed E-state index contributed by atoms with van der Waals surface area (Å²) in [4.78, 5) is 39.6. The fourth-order valence-corrected chi connectivity index (χ4v) is 6.43. The largest absolute Gasteiger partial charge is 0.480 e. The van der Waals surface area contributed by atoms with Crippen LogP contribution >= 0.6 is 11.8 Å². The van der Waals surface area contributed by atoms with E-state index < -0.39 is 24.1 Å². The number of aliphatic carboxylic acids is 1. The van der Waals surface area contributed by atoms with Gasteiger partial charge in [-0.25, -0.2) is 9.59 Å². The molecule has 1 fully saturated rings. The first-order chi connectivity index (χ1) is 16.7. The number of benzene rings is 2. The third-order valence-corrected chi connectivity index (χ3v) is 8.32. The minimum atomic E-state index is -1.03. The second-order valence-corrected chi connectivity index (χ2v) is 10.9. The van der Waals surface area contributed by atoms with Gasteiger partial charge in [-0.05, 0) is 34.1 Å². The number of ether oxygens (including phenoxy) is 1. The van der Waals surface area contributed by atoms with E-state index in [2.05, 4.69) is 17.4 Å². The second-order valence-electron chi connectivity index (χ2n) is 9.76. The fourth-order valence-electron chi connectivity index (χ4n) is 4.95. The van der Waals surface area contributed by atoms with Crippen molar-refractivity contribution >= 4 is 29.7 Å². The maximum absolute atomic E-state index is 13.5. The van der Waals surface area contributed by atoms with Gasteiger partial charge in [0.2, 0.25) is 5.91 Å². The summed E-state index contributed by atoms with van der Waals surface area (Å²) >= 11 is 1.47. The minimum absolute atomic E-state index is 0.0792. The van der Waals surface area contributed by atoms with Gasteiger partial charge in [-0.3, -0.25) is 4.79 Å². The molecular weight excluding hydrogens is 464 g/mol. The number of carboxylic acids is 1. The van der Waals surface area contributed by atoms with E-state index in [1.54, 1.807) is 0 Å². The Balaban J connectivity index is 1.47. The average molecular weight is 497 g/mol. The summed E-state index contributed by atoms with van der Waals surface area (Å²) in [6.07, 6.45) is -0.682. The molecule has 2 aromatic carbocycles. The van der Waals surface area contributed by atoms with Crippen LogP contribution in [0.2, 0.25) is 0 Å². The van der Waals surface area contributed by atoms with Crippen LogP contribution in [0.1, 0.15) is 44.7 Å². The molecule has 3 atom stereocenters. The third-order valence-electron chi connectivity index (χ3n) is 6.69. The van der Waals surface area contributed by atoms with Crippen molar-refractivity contribution in [1.29, 1.82) is 0 Å². The molecule has 1 aliphatic heterocycles. The molecule has 4 rings (SSSR count). The van der Waals surface area contributed by atoms with Gasteiger partial charge in [0.15, 0.2) is 0 Å². The highest BCUT2D eigenvalue weighted by atomic mass is 32.2. The van der Waals surface area contributed by atoms with E-state index in [4.69, 9.17) is 4.74 Å². The van der Waals surface area contributed by atoms with E-state index in [9.17, 15) is 19.5 Å². The van der Waals surface area contributed by atoms with Crippen LogP contribution in [-0.4, -0.2) is 57.8 Å². The number of carbonyl (C=O) groups excluding carboxylic acids is 2. The zero-order valence-electron chi connectivity index (χ0n) is 20.4. The van der Waals surface area contributed by atoms with Gasteiger partial charge in [-0.2, -0.15) is 0 Å². The van der Waals surface area contributed by atoms with Crippen molar-refractivity contribution in [3.8, 4) is 11.1 Å². The first kappa shape index (κ1) is 25.1. The summed E-state index contributed by atoms with van der Waals surface area (Å²) in [5, 5.41) is 12.2. The van der Waals surface area contributed by atoms with E-state index in [1.165, 1.54) is 16.7 Å². The molecule has 2 aliphatic rings. The Hall–Kier alpha value is -3.00. The Kier molecular flexibility index (Phi) is 7.40. The molecule has 1 heterocycles. The summed E-state index contributed by atoms with van der Waals surface area (Å²) in [5.74, 6) is -1.33. The summed E-state index contributed by atoms with van der Waals surface area (Å²) in [5.41, 5.74) is 4.49. The number of fused-ring (bicyclic) bond motifs is 3. The summed E-state index contributed by atoms with van der Waals surface area (Å²) in [6, 6.07) is 14.4. The van der Waals surface area contributed by atoms with Crippen LogP contribution in [0, 0.1) is 11.8 Å². The fraction of sp³-hybridized carbons (Fsp3) is 0.444. The lowest BCUT2D eigenvalue weighted by Gasteiger charge is -2.34. The van der Waals surface area contributed by atoms with Gasteiger partial charge in [-0.15, -0.1) is 11.8 Å². The van der Waals surface area contributed by atoms with Crippen LogP contribution in [0.15, 0.2) is 48.5 Å². The maximum atomic E-state index is 13.5. The predicted octanol–water partition coefficient (Wildman–Crippen LogP) is 4.56. The zero-order chi connectivity index (χ0) is 25.3. The molecule has 2 amide bonds. The zero-order valence-corrected chi connectivity index (χ0v) is 21.2. The van der Waals surface area contributed by atoms with E-state index in [1.807, 2.05) is 64.1 Å². The smallest absolute Gasteiger partial charge is 0.407 e. The highest BCUT2D eigenvalue weighted by Gasteiger charge is 2.45. The third kappa shape index (κ3) is 4.89. The lowest BCUT2D eigenvalue weighted by Crippen LogP contribution is -2.57. The SMILES string of the molecule is CC(C)C1SCC(C(=O)O)N1C(=O)[C@@H](NC(=O)OCC1c2ccccc2-c2ccccc21)C(C)C. The summed E-state index contributed by atoms with van der Waals surface area (Å²) < 4.78 is 5.64. The molecule has 2 N–H and O–H groups in total. The number of carbonyl (C=O) groups is 3. The van der Waals surface area contributed by atoms with Gasteiger partial charge in [0.05, 0.1) is 5.37 Å². The van der Waals surface area contributed by atoms with Crippen molar-refractivity contribution in [2.24, 2.45) is 11.8 Å². The molecule has 2 unspecified atom stereocenters. The van der Waals surface area contributed by atoms with Crippen LogP contribution in [0.25, 0.3) is 11.1 Å². The van der Waals surface area contributed by atoms with Crippen molar-refractivity contribution in [1.82, 2.24) is 10.2 Å². The van der Waals surface area contributed by atoms with Gasteiger partial charge < -0.3 is 20.1 Å². The molecule has 186 valence electrons. The number of hydrogen-bond acceptors (Lipinski definition) is 5. The van der Waals surface area contributed by atoms with E-state index in [-0.39, 0.29) is 35.6 Å². The Morgan fingerprint density at radius 1 is 1.03 bits per heavy atom. The van der Waals surface area contributed by atoms with Crippen LogP contribution in [-0.2, 0) is 14.3 Å². The Morgan fingerprint density at radius 2 is 1.60 bits per heavy atom. The van der Waals surface area contributed by atoms with Crippen LogP contribution < -0.4 is 5.32 Å². The van der Waals surface area contributed by atoms with Crippen LogP contribution in [0.3, 0.4) is 0 Å². The molecule has 1 aliphatic carbocycles. The number of nitrogens with one attached hydrogen (secondary N) is 1. The normalized spacial score (nSPS) is 20.0. The van der Waals surface area contributed by atoms with Crippen LogP contribution in [0.4, 0.5) is 4.79 Å². The number of alkyl carbamates (subject to hydrolysis) is 1. The number of rotatable bonds is 7. The molecule has 2 aromatic rings. The second kappa shape index (κ2) is 10.3. The highest BCUT2D eigenvalue weighted by molar-refractivity contribution is 8.00. The molecule has 0 spiro atoms. The number of nitrogens with zero attached hydrogens (tertiary/aromatic N) is 1. The van der Waals surface area contributed by atoms with Gasteiger partial charge in [-0.1, -0.05) is 76.2 Å². The summed E-state index contributed by atoms with van der Waals surface area (Å²) in [6.45, 7) is 7.73. The topological polar surface area (TPSA) is 95.9 Å². The van der Waals surface area contributed by atoms with Gasteiger partial charge in [0.1, 0.15) is 18.7 Å². The molecule has 8 heteroatoms. The average Bonchev–Trinajstić information content (AvgIpc) is 3.41. The lowest BCUT2D eigenvalue weighted by atomic mass is 9.98. The highest BCUT2D eigenvalue weighted by Crippen LogP contribution is 2.44. The molecule has 0 radical (unpaired) electrons. The standard InChI is InChI=1S/C27H32N2O5S/c1-15(2)23(24(30)29-22(26(31)32)14-35-25(29)16(3)4)28-27(33)34-13-21-19-11-7-5-9-17(19)18-10-6-8-12-20(18)21/h5-12,15-16,21-23,25H,13-14H2,1-4H3,(H,28,33)(H,31,32)/t22?,23-,25?/m0/s1. The molecule has 7 nitrogen and oxygen atoms in total. The molecule has 0 saturated carbocycles. The first-order valence-corrected chi connectivity index (χ1v) is 13.0. The van der Waals surface area contributed by atoms with Gasteiger partial charge in [0, 0.05) is 11.7 Å². The molecular formula is C27H32N2O5S.